The molecule has 0 radical (unpaired) electrons. The van der Waals surface area contributed by atoms with E-state index in [1.165, 1.54) is 6.92 Å². The second-order valence-electron chi connectivity index (χ2n) is 12.4. The largest absolute Gasteiger partial charge is 0.307 e. The van der Waals surface area contributed by atoms with Crippen LogP contribution in [0.4, 0.5) is 5.69 Å². The van der Waals surface area contributed by atoms with E-state index in [4.69, 9.17) is 25.8 Å². The predicted octanol–water partition coefficient (Wildman–Crippen LogP) is 9.62. The molecule has 7 aromatic carbocycles. The van der Waals surface area contributed by atoms with Gasteiger partial charge in [0.25, 0.3) is 0 Å². The van der Waals surface area contributed by atoms with Gasteiger partial charge in [0.2, 0.25) is 0 Å². The minimum absolute atomic E-state index is 0.165. The third kappa shape index (κ3) is 4.13. The highest BCUT2D eigenvalue weighted by Crippen LogP contribution is 2.36. The van der Waals surface area contributed by atoms with Gasteiger partial charge in [-0.25, -0.2) is 4.85 Å². The molecule has 55 heavy (non-hydrogen) atoms. The van der Waals surface area contributed by atoms with Crippen LogP contribution in [0.3, 0.4) is 0 Å². The number of para-hydroxylation sites is 2. The quantitative estimate of drug-likeness (QED) is 0.101. The lowest BCUT2D eigenvalue weighted by atomic mass is 9.95. The van der Waals surface area contributed by atoms with Crippen LogP contribution in [-0.2, 0) is 0 Å². The summed E-state index contributed by atoms with van der Waals surface area (Å²) in [6.45, 7) is 8.73. The third-order valence-corrected chi connectivity index (χ3v) is 9.37. The summed E-state index contributed by atoms with van der Waals surface area (Å²) in [7, 11) is 0. The fourth-order valence-electron chi connectivity index (χ4n) is 6.98. The normalized spacial score (nSPS) is 17.6. The molecule has 0 fully saturated rings. The minimum Gasteiger partial charge on any atom is -0.307 e. The molecule has 0 saturated carbocycles. The van der Waals surface area contributed by atoms with E-state index in [-0.39, 0.29) is 5.56 Å². The first kappa shape index (κ1) is 16.1. The topological polar surface area (TPSA) is 81.5 Å². The van der Waals surface area contributed by atoms with Gasteiger partial charge in [0.15, 0.2) is 27.4 Å². The Morgan fingerprint density at radius 2 is 0.836 bits per heavy atom. The summed E-state index contributed by atoms with van der Waals surface area (Å²) in [6, 6.07) is -21.7. The van der Waals surface area contributed by atoms with Gasteiger partial charge in [-0.1, -0.05) is 78.1 Å². The number of aromatic nitrogens is 2. The van der Waals surface area contributed by atoms with Gasteiger partial charge in [0.1, 0.15) is 0 Å². The summed E-state index contributed by atoms with van der Waals surface area (Å²) >= 11 is 0. The molecule has 7 heteroatoms. The highest BCUT2D eigenvalue weighted by atomic mass is 16.1. The zero-order valence-corrected chi connectivity index (χ0v) is 27.5. The van der Waals surface area contributed by atoms with Crippen molar-refractivity contribution in [3.8, 4) is 22.3 Å². The van der Waals surface area contributed by atoms with Crippen LogP contribution in [0.15, 0.2) is 152 Å². The predicted molar refractivity (Wildman–Crippen MR) is 223 cm³/mol. The van der Waals surface area contributed by atoms with Crippen LogP contribution >= 0.6 is 0 Å². The van der Waals surface area contributed by atoms with Crippen LogP contribution in [0, 0.1) is 13.5 Å². The fraction of sp³-hybridized carbons (Fsp3) is 0.0208. The van der Waals surface area contributed by atoms with E-state index in [9.17, 15) is 11.0 Å². The molecule has 7 nitrogen and oxygen atoms in total. The molecule has 0 aliphatic carbocycles. The van der Waals surface area contributed by atoms with Crippen LogP contribution in [0.5, 0.6) is 0 Å². The molecule has 256 valence electrons. The minimum atomic E-state index is -1.52. The van der Waals surface area contributed by atoms with E-state index in [0.717, 1.165) is 0 Å². The second kappa shape index (κ2) is 10.9. The highest BCUT2D eigenvalue weighted by Gasteiger charge is 2.23. The maximum absolute atomic E-state index is 15.6. The molecule has 0 unspecified atom stereocenters. The number of rotatable bonds is 2. The Labute approximate surface area is 341 Å². The van der Waals surface area contributed by atoms with Gasteiger partial charge in [-0.05, 0) is 89.6 Å². The summed E-state index contributed by atoms with van der Waals surface area (Å²) in [5.41, 5.74) is -15.2. The van der Waals surface area contributed by atoms with Crippen molar-refractivity contribution in [1.29, 1.82) is 0 Å². The van der Waals surface area contributed by atoms with E-state index in [0.29, 0.717) is 8.80 Å². The molecule has 0 amide bonds. The number of fused-ring (bicyclic) bond motifs is 8. The van der Waals surface area contributed by atoms with Gasteiger partial charge < -0.3 is 8.80 Å². The number of benzene rings is 7. The highest BCUT2D eigenvalue weighted by molar-refractivity contribution is 6.14. The SMILES string of the molecule is [2H]c1c([2H])c(-c2c([2H])c3c(=O)c4c([2H])c([2H])c([2H])c([2H])c4n4c5c([2H])c6c(c([2H])c5c(=O)c(c2[2H])c34)c(=O)c2c([2H])c(-c3c([2H])c([2H])c([N+]#[C-])c([2H])c3[2H])c([2H])c3c(=O)c4c([2H])c([2H])c([2H])c([2H])c4n6c32)c([2H])c([2H])c1C. The molecule has 4 aromatic heterocycles. The summed E-state index contributed by atoms with van der Waals surface area (Å²) in [4.78, 5) is 64.4. The van der Waals surface area contributed by atoms with Gasteiger partial charge in [-0.2, -0.15) is 0 Å². The van der Waals surface area contributed by atoms with E-state index in [1.807, 2.05) is 0 Å². The monoisotopic (exact) mass is 729 g/mol. The average Bonchev–Trinajstić information content (AvgIpc) is 3.58. The van der Waals surface area contributed by atoms with Gasteiger partial charge in [0, 0.05) is 45.8 Å². The van der Waals surface area contributed by atoms with Crippen LogP contribution in [-0.4, -0.2) is 8.80 Å². The summed E-state index contributed by atoms with van der Waals surface area (Å²) in [5, 5.41) is -7.77. The Hall–Kier alpha value is -7.69. The number of nitrogens with zero attached hydrogens (tertiary/aromatic N) is 3. The molecule has 0 atom stereocenters. The molecule has 0 aliphatic heterocycles. The lowest BCUT2D eigenvalue weighted by Gasteiger charge is -2.19. The molecule has 11 aromatic rings. The average molecular weight is 730 g/mol. The summed E-state index contributed by atoms with van der Waals surface area (Å²) in [5.74, 6) is 0. The fourth-order valence-corrected chi connectivity index (χ4v) is 6.98. The van der Waals surface area contributed by atoms with Crippen LogP contribution in [0.2, 0.25) is 0 Å². The summed E-state index contributed by atoms with van der Waals surface area (Å²) in [6.07, 6.45) is 0. The first-order valence-electron chi connectivity index (χ1n) is 27.1. The molecular weight excluding hydrogens is 683 g/mol. The number of hydrogen-bond donors (Lipinski definition) is 0. The van der Waals surface area contributed by atoms with Crippen molar-refractivity contribution in [1.82, 2.24) is 8.80 Å². The van der Waals surface area contributed by atoms with E-state index >= 15 is 19.2 Å². The molecule has 0 saturated heterocycles. The number of hydrogen-bond acceptors (Lipinski definition) is 4. The Balaban J connectivity index is 1.55. The molecule has 0 N–H and O–H groups in total. The van der Waals surface area contributed by atoms with Crippen molar-refractivity contribution < 1.29 is 30.2 Å². The standard InChI is InChI=1S/C48H25N3O4/c1-25-11-13-26(14-12-25)28-19-35-43-37(21-28)47(54)33-23-34-42(24-41(33)50(43)39-9-5-3-7-31(39)45(35)52)51-40-10-6-4-8-32(40)46(53)36-20-29(22-38(44(36)51)48(34)55)27-15-17-30(49-2)18-16-27/h3-24H,1H3/i3D,4D,5D,6D,7D,8D,9D,10D,11D,12D,13D,14D,15D,16D,17D,18D,19D,20D,21D,22D,23D,24D. The summed E-state index contributed by atoms with van der Waals surface area (Å²) < 4.78 is 200. The van der Waals surface area contributed by atoms with Crippen molar-refractivity contribution in [3.05, 3.63) is 191 Å². The Kier molecular flexibility index (Phi) is 3.20. The maximum Gasteiger partial charge on any atom is 0.197 e. The van der Waals surface area contributed by atoms with Crippen molar-refractivity contribution in [2.75, 3.05) is 0 Å². The van der Waals surface area contributed by atoms with E-state index in [2.05, 4.69) is 4.85 Å². The van der Waals surface area contributed by atoms with Gasteiger partial charge >= 0.3 is 0 Å². The van der Waals surface area contributed by atoms with Gasteiger partial charge in [-0.3, -0.25) is 19.2 Å². The van der Waals surface area contributed by atoms with Crippen molar-refractivity contribution in [2.45, 2.75) is 6.92 Å². The third-order valence-electron chi connectivity index (χ3n) is 9.37. The molecule has 0 aliphatic rings. The molecule has 4 heterocycles. The van der Waals surface area contributed by atoms with Crippen molar-refractivity contribution in [3.63, 3.8) is 0 Å². The maximum atomic E-state index is 15.6. The molecule has 0 spiro atoms. The Morgan fingerprint density at radius 1 is 0.436 bits per heavy atom. The smallest absolute Gasteiger partial charge is 0.197 e. The second-order valence-corrected chi connectivity index (χ2v) is 12.4. The van der Waals surface area contributed by atoms with Crippen LogP contribution in [0.1, 0.15) is 35.7 Å². The zero-order chi connectivity index (χ0) is 56.4. The van der Waals surface area contributed by atoms with E-state index in [1.54, 1.807) is 0 Å². The van der Waals surface area contributed by atoms with E-state index < -0.39 is 259 Å². The first-order valence-corrected chi connectivity index (χ1v) is 16.1. The first-order chi connectivity index (χ1) is 36.0. The lowest BCUT2D eigenvalue weighted by molar-refractivity contribution is 1.28. The van der Waals surface area contributed by atoms with Crippen molar-refractivity contribution >= 4 is 81.9 Å². The Bertz CT molecular complexity index is 5070. The zero-order valence-electron chi connectivity index (χ0n) is 49.5. The van der Waals surface area contributed by atoms with Crippen LogP contribution < -0.4 is 21.7 Å². The Morgan fingerprint density at radius 3 is 1.27 bits per heavy atom. The molecule has 11 rings (SSSR count). The number of pyridine rings is 4. The lowest BCUT2D eigenvalue weighted by Crippen LogP contribution is -2.17. The molecule has 0 bridgehead atoms. The molecular formula is C48H25N3O4. The van der Waals surface area contributed by atoms with Gasteiger partial charge in [-0.15, -0.1) is 0 Å². The van der Waals surface area contributed by atoms with Crippen LogP contribution in [0.25, 0.3) is 103 Å². The van der Waals surface area contributed by atoms with Crippen molar-refractivity contribution in [2.24, 2.45) is 0 Å². The van der Waals surface area contributed by atoms with Gasteiger partial charge in [0.05, 0.1) is 67.1 Å².